The number of rotatable bonds is 7. The van der Waals surface area contributed by atoms with E-state index in [-0.39, 0.29) is 13.1 Å². The summed E-state index contributed by atoms with van der Waals surface area (Å²) in [7, 11) is 1.50. The predicted molar refractivity (Wildman–Crippen MR) is 76.2 cm³/mol. The van der Waals surface area contributed by atoms with Gasteiger partial charge in [-0.2, -0.15) is 10.5 Å². The molecule has 108 valence electrons. The van der Waals surface area contributed by atoms with Crippen molar-refractivity contribution >= 4 is 12.0 Å². The molecular formula is C15H15N3O3. The number of methoxy groups -OCH3 is 1. The third kappa shape index (κ3) is 5.35. The molecule has 1 aromatic rings. The summed E-state index contributed by atoms with van der Waals surface area (Å²) in [6.07, 6.45) is 2.48. The molecule has 21 heavy (non-hydrogen) atoms. The Hall–Kier alpha value is -2.83. The number of ether oxygens (including phenoxy) is 1. The zero-order valence-electron chi connectivity index (χ0n) is 11.6. The Morgan fingerprint density at radius 3 is 2.57 bits per heavy atom. The summed E-state index contributed by atoms with van der Waals surface area (Å²) in [4.78, 5) is 12.3. The summed E-state index contributed by atoms with van der Waals surface area (Å²) in [5, 5.41) is 26.1. The Morgan fingerprint density at radius 1 is 1.38 bits per heavy atom. The van der Waals surface area contributed by atoms with E-state index in [0.29, 0.717) is 17.9 Å². The topological polar surface area (TPSA) is 97.4 Å². The molecule has 0 saturated carbocycles. The molecule has 0 fully saturated rings. The fourth-order valence-electron chi connectivity index (χ4n) is 1.80. The van der Waals surface area contributed by atoms with E-state index in [9.17, 15) is 4.79 Å². The van der Waals surface area contributed by atoms with Gasteiger partial charge in [-0.3, -0.25) is 4.90 Å². The molecule has 0 aliphatic heterocycles. The van der Waals surface area contributed by atoms with Gasteiger partial charge in [0.2, 0.25) is 0 Å². The molecule has 0 spiro atoms. The standard InChI is InChI=1S/C15H15N3O3/c1-21-14-4-2-12(10-13(14)3-5-15(19)20)11-18(8-6-16)9-7-17/h2-5,10H,8-9,11H2,1H3,(H,19,20). The Kier molecular flexibility index (Phi) is 6.46. The van der Waals surface area contributed by atoms with E-state index in [0.717, 1.165) is 11.6 Å². The van der Waals surface area contributed by atoms with Crippen LogP contribution < -0.4 is 4.74 Å². The summed E-state index contributed by atoms with van der Waals surface area (Å²) in [5.41, 5.74) is 1.50. The monoisotopic (exact) mass is 285 g/mol. The number of nitriles is 2. The molecule has 0 aliphatic carbocycles. The van der Waals surface area contributed by atoms with Crippen LogP contribution in [0.1, 0.15) is 11.1 Å². The zero-order valence-corrected chi connectivity index (χ0v) is 11.6. The lowest BCUT2D eigenvalue weighted by molar-refractivity contribution is -0.131. The third-order valence-corrected chi connectivity index (χ3v) is 2.69. The average Bonchev–Trinajstić information content (AvgIpc) is 2.46. The Labute approximate surface area is 123 Å². The van der Waals surface area contributed by atoms with Gasteiger partial charge in [-0.15, -0.1) is 0 Å². The quantitative estimate of drug-likeness (QED) is 0.604. The van der Waals surface area contributed by atoms with Gasteiger partial charge in [0.1, 0.15) is 5.75 Å². The normalized spacial score (nSPS) is 10.3. The molecule has 0 atom stereocenters. The van der Waals surface area contributed by atoms with Crippen LogP contribution in [0.5, 0.6) is 5.75 Å². The van der Waals surface area contributed by atoms with Crippen molar-refractivity contribution in [2.24, 2.45) is 0 Å². The second-order valence-corrected chi connectivity index (χ2v) is 4.21. The molecule has 0 amide bonds. The van der Waals surface area contributed by atoms with E-state index in [2.05, 4.69) is 0 Å². The smallest absolute Gasteiger partial charge is 0.328 e. The zero-order chi connectivity index (χ0) is 15.7. The fourth-order valence-corrected chi connectivity index (χ4v) is 1.80. The van der Waals surface area contributed by atoms with E-state index in [1.54, 1.807) is 17.0 Å². The summed E-state index contributed by atoms with van der Waals surface area (Å²) >= 11 is 0. The summed E-state index contributed by atoms with van der Waals surface area (Å²) in [5.74, 6) is -0.485. The van der Waals surface area contributed by atoms with Crippen LogP contribution in [0.4, 0.5) is 0 Å². The van der Waals surface area contributed by atoms with Crippen molar-refractivity contribution in [3.8, 4) is 17.9 Å². The van der Waals surface area contributed by atoms with Gasteiger partial charge in [-0.25, -0.2) is 4.79 Å². The second-order valence-electron chi connectivity index (χ2n) is 4.21. The molecule has 0 bridgehead atoms. The van der Waals surface area contributed by atoms with Crippen LogP contribution in [0.3, 0.4) is 0 Å². The molecule has 0 saturated heterocycles. The van der Waals surface area contributed by atoms with Gasteiger partial charge in [0.05, 0.1) is 32.3 Å². The summed E-state index contributed by atoms with van der Waals surface area (Å²) in [6.45, 7) is 0.735. The SMILES string of the molecule is COc1ccc(CN(CC#N)CC#N)cc1C=CC(=O)O. The number of hydrogen-bond donors (Lipinski definition) is 1. The molecular weight excluding hydrogens is 270 g/mol. The molecule has 1 N–H and O–H groups in total. The minimum Gasteiger partial charge on any atom is -0.496 e. The fraction of sp³-hybridized carbons (Fsp3) is 0.267. The van der Waals surface area contributed by atoms with Crippen molar-refractivity contribution in [1.82, 2.24) is 4.90 Å². The molecule has 0 unspecified atom stereocenters. The molecule has 0 aliphatic rings. The van der Waals surface area contributed by atoms with E-state index in [1.165, 1.54) is 13.2 Å². The Morgan fingerprint density at radius 2 is 2.05 bits per heavy atom. The van der Waals surface area contributed by atoms with Gasteiger partial charge in [-0.05, 0) is 23.8 Å². The first-order valence-electron chi connectivity index (χ1n) is 6.15. The van der Waals surface area contributed by atoms with Crippen molar-refractivity contribution in [1.29, 1.82) is 10.5 Å². The van der Waals surface area contributed by atoms with Gasteiger partial charge in [0.15, 0.2) is 0 Å². The van der Waals surface area contributed by atoms with E-state index >= 15 is 0 Å². The van der Waals surface area contributed by atoms with Crippen LogP contribution in [0.2, 0.25) is 0 Å². The van der Waals surface area contributed by atoms with Gasteiger partial charge in [-0.1, -0.05) is 6.07 Å². The van der Waals surface area contributed by atoms with Crippen molar-refractivity contribution in [3.05, 3.63) is 35.4 Å². The molecule has 1 rings (SSSR count). The maximum absolute atomic E-state index is 10.6. The number of carbonyl (C=O) groups is 1. The number of carboxylic acids is 1. The largest absolute Gasteiger partial charge is 0.496 e. The maximum Gasteiger partial charge on any atom is 0.328 e. The number of carboxylic acid groups (broad SMARTS) is 1. The minimum absolute atomic E-state index is 0.153. The highest BCUT2D eigenvalue weighted by Crippen LogP contribution is 2.22. The van der Waals surface area contributed by atoms with Crippen molar-refractivity contribution in [2.45, 2.75) is 6.54 Å². The molecule has 6 nitrogen and oxygen atoms in total. The lowest BCUT2D eigenvalue weighted by Gasteiger charge is -2.16. The molecule has 1 aromatic carbocycles. The van der Waals surface area contributed by atoms with Gasteiger partial charge < -0.3 is 9.84 Å². The van der Waals surface area contributed by atoms with E-state index in [4.69, 9.17) is 20.4 Å². The summed E-state index contributed by atoms with van der Waals surface area (Å²) < 4.78 is 5.17. The van der Waals surface area contributed by atoms with E-state index in [1.807, 2.05) is 18.2 Å². The molecule has 0 aromatic heterocycles. The maximum atomic E-state index is 10.6. The first-order chi connectivity index (χ1) is 10.1. The first-order valence-corrected chi connectivity index (χ1v) is 6.15. The molecule has 0 heterocycles. The lowest BCUT2D eigenvalue weighted by Crippen LogP contribution is -2.23. The highest BCUT2D eigenvalue weighted by Gasteiger charge is 2.07. The second kappa shape index (κ2) is 8.36. The predicted octanol–water partition coefficient (Wildman–Crippen LogP) is 1.64. The Balaban J connectivity index is 2.99. The lowest BCUT2D eigenvalue weighted by atomic mass is 10.1. The van der Waals surface area contributed by atoms with Crippen molar-refractivity contribution < 1.29 is 14.6 Å². The van der Waals surface area contributed by atoms with Gasteiger partial charge in [0.25, 0.3) is 0 Å². The minimum atomic E-state index is -1.04. The average molecular weight is 285 g/mol. The van der Waals surface area contributed by atoms with E-state index < -0.39 is 5.97 Å². The van der Waals surface area contributed by atoms with Crippen LogP contribution in [-0.4, -0.2) is 36.2 Å². The number of benzene rings is 1. The molecule has 0 radical (unpaired) electrons. The van der Waals surface area contributed by atoms with Crippen LogP contribution >= 0.6 is 0 Å². The van der Waals surface area contributed by atoms with Crippen LogP contribution in [0.25, 0.3) is 6.08 Å². The molecule has 6 heteroatoms. The third-order valence-electron chi connectivity index (χ3n) is 2.69. The van der Waals surface area contributed by atoms with Gasteiger partial charge in [0, 0.05) is 18.2 Å². The number of aliphatic carboxylic acids is 1. The Bertz CT molecular complexity index is 596. The van der Waals surface area contributed by atoms with Crippen LogP contribution in [0, 0.1) is 22.7 Å². The number of hydrogen-bond acceptors (Lipinski definition) is 5. The number of nitrogens with zero attached hydrogens (tertiary/aromatic N) is 3. The van der Waals surface area contributed by atoms with Gasteiger partial charge >= 0.3 is 5.97 Å². The van der Waals surface area contributed by atoms with Crippen molar-refractivity contribution in [2.75, 3.05) is 20.2 Å². The van der Waals surface area contributed by atoms with Crippen molar-refractivity contribution in [3.63, 3.8) is 0 Å². The van der Waals surface area contributed by atoms with Crippen LogP contribution in [0.15, 0.2) is 24.3 Å². The first kappa shape index (κ1) is 16.2. The summed E-state index contributed by atoms with van der Waals surface area (Å²) in [6, 6.07) is 9.34. The van der Waals surface area contributed by atoms with Crippen LogP contribution in [-0.2, 0) is 11.3 Å². The highest BCUT2D eigenvalue weighted by atomic mass is 16.5. The highest BCUT2D eigenvalue weighted by molar-refractivity contribution is 5.85.